The van der Waals surface area contributed by atoms with Crippen LogP contribution in [-0.2, 0) is 0 Å². The number of para-hydroxylation sites is 1. The summed E-state index contributed by atoms with van der Waals surface area (Å²) in [6.07, 6.45) is 0. The van der Waals surface area contributed by atoms with Gasteiger partial charge in [0.1, 0.15) is 11.6 Å². The van der Waals surface area contributed by atoms with Crippen molar-refractivity contribution in [3.05, 3.63) is 96.1 Å². The molecule has 144 valence electrons. The molecule has 0 spiro atoms. The second-order valence-corrected chi connectivity index (χ2v) is 6.66. The van der Waals surface area contributed by atoms with Gasteiger partial charge in [0.05, 0.1) is 18.5 Å². The minimum Gasteiger partial charge on any atom is -0.497 e. The molecule has 4 rings (SSSR count). The topological polar surface area (TPSA) is 56.1 Å². The number of hydrogen-bond acceptors (Lipinski definition) is 3. The van der Waals surface area contributed by atoms with Crippen molar-refractivity contribution in [3.63, 3.8) is 0 Å². The third-order valence-electron chi connectivity index (χ3n) is 4.73. The predicted octanol–water partition coefficient (Wildman–Crippen LogP) is 5.11. The number of methoxy groups -OCH3 is 1. The number of nitrogens with one attached hydrogen (secondary N) is 1. The fourth-order valence-corrected chi connectivity index (χ4v) is 3.15. The summed E-state index contributed by atoms with van der Waals surface area (Å²) in [7, 11) is 1.64. The van der Waals surface area contributed by atoms with Crippen molar-refractivity contribution < 1.29 is 9.53 Å². The van der Waals surface area contributed by atoms with Gasteiger partial charge < -0.3 is 10.1 Å². The second-order valence-electron chi connectivity index (χ2n) is 6.66. The quantitative estimate of drug-likeness (QED) is 0.521. The summed E-state index contributed by atoms with van der Waals surface area (Å²) < 4.78 is 6.98. The molecule has 1 heterocycles. The number of ether oxygens (including phenoxy) is 1. The zero-order valence-corrected chi connectivity index (χ0v) is 16.3. The maximum atomic E-state index is 12.9. The first kappa shape index (κ1) is 18.5. The van der Waals surface area contributed by atoms with Crippen LogP contribution in [-0.4, -0.2) is 22.8 Å². The van der Waals surface area contributed by atoms with Crippen LogP contribution in [0, 0.1) is 6.92 Å². The van der Waals surface area contributed by atoms with E-state index in [4.69, 9.17) is 9.84 Å². The summed E-state index contributed by atoms with van der Waals surface area (Å²) in [5.74, 6) is 1.22. The smallest absolute Gasteiger partial charge is 0.257 e. The number of benzene rings is 3. The van der Waals surface area contributed by atoms with E-state index < -0.39 is 0 Å². The van der Waals surface area contributed by atoms with E-state index in [9.17, 15) is 4.79 Å². The van der Waals surface area contributed by atoms with E-state index in [0.29, 0.717) is 11.4 Å². The SMILES string of the molecule is COc1ccc(-c2cc(NC(=O)c3ccccc3C)n(-c3ccccc3)n2)cc1. The van der Waals surface area contributed by atoms with Gasteiger partial charge in [-0.1, -0.05) is 36.4 Å². The van der Waals surface area contributed by atoms with E-state index in [1.807, 2.05) is 91.9 Å². The average molecular weight is 383 g/mol. The third-order valence-corrected chi connectivity index (χ3v) is 4.73. The summed E-state index contributed by atoms with van der Waals surface area (Å²) in [5, 5.41) is 7.75. The predicted molar refractivity (Wildman–Crippen MR) is 115 cm³/mol. The standard InChI is InChI=1S/C24H21N3O2/c1-17-8-6-7-11-21(17)24(28)25-23-16-22(18-12-14-20(29-2)15-13-18)26-27(23)19-9-4-3-5-10-19/h3-16H,1-2H3,(H,25,28). The minimum absolute atomic E-state index is 0.165. The Balaban J connectivity index is 1.74. The number of nitrogens with zero attached hydrogens (tertiary/aromatic N) is 2. The summed E-state index contributed by atoms with van der Waals surface area (Å²) >= 11 is 0. The van der Waals surface area contributed by atoms with Crippen LogP contribution < -0.4 is 10.1 Å². The Labute approximate surface area is 169 Å². The Morgan fingerprint density at radius 3 is 2.31 bits per heavy atom. The zero-order chi connectivity index (χ0) is 20.2. The maximum absolute atomic E-state index is 12.9. The van der Waals surface area contributed by atoms with Gasteiger partial charge in [-0.15, -0.1) is 0 Å². The first-order valence-electron chi connectivity index (χ1n) is 9.32. The number of carbonyl (C=O) groups excluding carboxylic acids is 1. The second kappa shape index (κ2) is 8.02. The van der Waals surface area contributed by atoms with Crippen molar-refractivity contribution in [1.82, 2.24) is 9.78 Å². The molecule has 1 N–H and O–H groups in total. The Morgan fingerprint density at radius 1 is 0.931 bits per heavy atom. The fraction of sp³-hybridized carbons (Fsp3) is 0.0833. The van der Waals surface area contributed by atoms with Crippen LogP contribution in [0.3, 0.4) is 0 Å². The van der Waals surface area contributed by atoms with Gasteiger partial charge in [-0.3, -0.25) is 4.79 Å². The Bertz CT molecular complexity index is 1130. The van der Waals surface area contributed by atoms with Crippen LogP contribution in [0.5, 0.6) is 5.75 Å². The molecule has 0 fully saturated rings. The van der Waals surface area contributed by atoms with Gasteiger partial charge in [0.2, 0.25) is 0 Å². The molecule has 1 aromatic heterocycles. The Hall–Kier alpha value is -3.86. The lowest BCUT2D eigenvalue weighted by atomic mass is 10.1. The van der Waals surface area contributed by atoms with Gasteiger partial charge >= 0.3 is 0 Å². The molecule has 0 bridgehead atoms. The van der Waals surface area contributed by atoms with Gasteiger partial charge in [0.25, 0.3) is 5.91 Å². The van der Waals surface area contributed by atoms with E-state index >= 15 is 0 Å². The van der Waals surface area contributed by atoms with Crippen LogP contribution in [0.25, 0.3) is 16.9 Å². The highest BCUT2D eigenvalue weighted by molar-refractivity contribution is 6.05. The number of aromatic nitrogens is 2. The third kappa shape index (κ3) is 3.89. The molecule has 0 aliphatic rings. The van der Waals surface area contributed by atoms with Crippen LogP contribution in [0.1, 0.15) is 15.9 Å². The lowest BCUT2D eigenvalue weighted by Gasteiger charge is -2.10. The van der Waals surface area contributed by atoms with Crippen molar-refractivity contribution in [2.45, 2.75) is 6.92 Å². The normalized spacial score (nSPS) is 10.6. The molecule has 5 heteroatoms. The Kier molecular flexibility index (Phi) is 5.12. The fourth-order valence-electron chi connectivity index (χ4n) is 3.15. The molecule has 29 heavy (non-hydrogen) atoms. The van der Waals surface area contributed by atoms with E-state index in [-0.39, 0.29) is 5.91 Å². The Morgan fingerprint density at radius 2 is 1.62 bits per heavy atom. The van der Waals surface area contributed by atoms with Crippen LogP contribution in [0.4, 0.5) is 5.82 Å². The minimum atomic E-state index is -0.165. The van der Waals surface area contributed by atoms with Gasteiger partial charge in [0, 0.05) is 17.2 Å². The monoisotopic (exact) mass is 383 g/mol. The van der Waals surface area contributed by atoms with Crippen molar-refractivity contribution in [2.75, 3.05) is 12.4 Å². The largest absolute Gasteiger partial charge is 0.497 e. The van der Waals surface area contributed by atoms with Gasteiger partial charge in [-0.2, -0.15) is 5.10 Å². The number of carbonyl (C=O) groups is 1. The molecule has 4 aromatic rings. The lowest BCUT2D eigenvalue weighted by Crippen LogP contribution is -2.16. The van der Waals surface area contributed by atoms with Crippen LogP contribution in [0.2, 0.25) is 0 Å². The molecule has 5 nitrogen and oxygen atoms in total. The molecule has 0 radical (unpaired) electrons. The van der Waals surface area contributed by atoms with Gasteiger partial charge in [0.15, 0.2) is 0 Å². The average Bonchev–Trinajstić information content (AvgIpc) is 3.18. The van der Waals surface area contributed by atoms with E-state index in [2.05, 4.69) is 5.32 Å². The molecule has 0 unspecified atom stereocenters. The van der Waals surface area contributed by atoms with Crippen LogP contribution in [0.15, 0.2) is 84.9 Å². The highest BCUT2D eigenvalue weighted by Crippen LogP contribution is 2.27. The zero-order valence-electron chi connectivity index (χ0n) is 16.3. The van der Waals surface area contributed by atoms with Gasteiger partial charge in [-0.05, 0) is 55.0 Å². The van der Waals surface area contributed by atoms with E-state index in [0.717, 1.165) is 28.3 Å². The summed E-state index contributed by atoms with van der Waals surface area (Å²) in [5.41, 5.74) is 4.13. The van der Waals surface area contributed by atoms with E-state index in [1.54, 1.807) is 11.8 Å². The lowest BCUT2D eigenvalue weighted by molar-refractivity contribution is 0.102. The molecule has 3 aromatic carbocycles. The van der Waals surface area contributed by atoms with Crippen molar-refractivity contribution in [3.8, 4) is 22.7 Å². The molecule has 0 saturated heterocycles. The summed E-state index contributed by atoms with van der Waals surface area (Å²) in [4.78, 5) is 12.9. The molecular formula is C24H21N3O2. The molecule has 0 aliphatic heterocycles. The number of rotatable bonds is 5. The van der Waals surface area contributed by atoms with Crippen molar-refractivity contribution in [1.29, 1.82) is 0 Å². The number of aryl methyl sites for hydroxylation is 1. The van der Waals surface area contributed by atoms with Crippen molar-refractivity contribution in [2.24, 2.45) is 0 Å². The first-order valence-corrected chi connectivity index (χ1v) is 9.32. The number of amides is 1. The number of anilines is 1. The van der Waals surface area contributed by atoms with Crippen molar-refractivity contribution >= 4 is 11.7 Å². The van der Waals surface area contributed by atoms with Gasteiger partial charge in [-0.25, -0.2) is 4.68 Å². The first-order chi connectivity index (χ1) is 14.2. The molecular weight excluding hydrogens is 362 g/mol. The van der Waals surface area contributed by atoms with E-state index in [1.165, 1.54) is 0 Å². The van der Waals surface area contributed by atoms with Crippen LogP contribution >= 0.6 is 0 Å². The summed E-state index contributed by atoms with van der Waals surface area (Å²) in [6.45, 7) is 1.92. The molecule has 0 saturated carbocycles. The summed E-state index contributed by atoms with van der Waals surface area (Å²) in [6, 6.07) is 26.8. The number of hydrogen-bond donors (Lipinski definition) is 1. The molecule has 1 amide bonds. The highest BCUT2D eigenvalue weighted by atomic mass is 16.5. The highest BCUT2D eigenvalue weighted by Gasteiger charge is 2.16. The maximum Gasteiger partial charge on any atom is 0.257 e. The molecule has 0 aliphatic carbocycles. The molecule has 0 atom stereocenters.